The highest BCUT2D eigenvalue weighted by Crippen LogP contribution is 2.07. The zero-order valence-electron chi connectivity index (χ0n) is 14.4. The molecule has 134 valence electrons. The van der Waals surface area contributed by atoms with Crippen LogP contribution in [-0.2, 0) is 19.1 Å². The Kier molecular flexibility index (Phi) is 11.0. The van der Waals surface area contributed by atoms with E-state index in [-0.39, 0.29) is 19.2 Å². The van der Waals surface area contributed by atoms with Crippen molar-refractivity contribution in [2.24, 2.45) is 0 Å². The van der Waals surface area contributed by atoms with Crippen molar-refractivity contribution in [2.75, 3.05) is 20.3 Å². The molecule has 0 heterocycles. The van der Waals surface area contributed by atoms with E-state index in [1.165, 1.54) is 7.11 Å². The number of para-hydroxylation sites is 1. The van der Waals surface area contributed by atoms with Crippen molar-refractivity contribution < 1.29 is 23.8 Å². The molecule has 0 aliphatic rings. The molecule has 0 spiro atoms. The Morgan fingerprint density at radius 1 is 0.960 bits per heavy atom. The summed E-state index contributed by atoms with van der Waals surface area (Å²) in [4.78, 5) is 22.4. The average molecular weight is 344 g/mol. The van der Waals surface area contributed by atoms with Crippen LogP contribution in [0.4, 0.5) is 0 Å². The molecule has 1 rings (SSSR count). The van der Waals surface area contributed by atoms with E-state index >= 15 is 0 Å². The molecule has 5 nitrogen and oxygen atoms in total. The van der Waals surface area contributed by atoms with Crippen molar-refractivity contribution in [2.45, 2.75) is 19.3 Å². The Balaban J connectivity index is 2.05. The van der Waals surface area contributed by atoms with Crippen LogP contribution in [0.5, 0.6) is 5.75 Å². The lowest BCUT2D eigenvalue weighted by Crippen LogP contribution is -2.14. The van der Waals surface area contributed by atoms with E-state index in [1.807, 2.05) is 42.5 Å². The number of allylic oxidation sites excluding steroid dienone is 5. The molecule has 0 saturated heterocycles. The predicted octanol–water partition coefficient (Wildman–Crippen LogP) is 3.62. The van der Waals surface area contributed by atoms with Crippen LogP contribution in [0.15, 0.2) is 66.8 Å². The number of esters is 2. The first-order valence-electron chi connectivity index (χ1n) is 8.11. The number of hydrogen-bond acceptors (Lipinski definition) is 5. The third kappa shape index (κ3) is 11.4. The molecular formula is C20H24O5. The second kappa shape index (κ2) is 13.6. The number of rotatable bonds is 11. The summed E-state index contributed by atoms with van der Waals surface area (Å²) in [7, 11) is 1.39. The summed E-state index contributed by atoms with van der Waals surface area (Å²) in [5.74, 6) is 0.0369. The van der Waals surface area contributed by atoms with Gasteiger partial charge in [-0.05, 0) is 31.1 Å². The molecule has 0 aromatic heterocycles. The van der Waals surface area contributed by atoms with Gasteiger partial charge in [0, 0.05) is 6.42 Å². The summed E-state index contributed by atoms with van der Waals surface area (Å²) in [6.07, 6.45) is 13.2. The predicted molar refractivity (Wildman–Crippen MR) is 96.2 cm³/mol. The number of unbranched alkanes of at least 4 members (excludes halogenated alkanes) is 1. The van der Waals surface area contributed by atoms with Crippen molar-refractivity contribution >= 4 is 11.9 Å². The minimum absolute atomic E-state index is 0.109. The molecule has 0 atom stereocenters. The van der Waals surface area contributed by atoms with Crippen LogP contribution >= 0.6 is 0 Å². The smallest absolute Gasteiger partial charge is 0.344 e. The SMILES string of the molecule is COC(=O)CCC\C=C/C=C/C=C/COC(=O)COc1ccccc1. The minimum Gasteiger partial charge on any atom is -0.482 e. The largest absolute Gasteiger partial charge is 0.482 e. The molecule has 0 bridgehead atoms. The van der Waals surface area contributed by atoms with Gasteiger partial charge < -0.3 is 14.2 Å². The van der Waals surface area contributed by atoms with Gasteiger partial charge in [-0.25, -0.2) is 4.79 Å². The molecule has 0 saturated carbocycles. The van der Waals surface area contributed by atoms with E-state index in [1.54, 1.807) is 24.3 Å². The molecule has 1 aromatic rings. The highest BCUT2D eigenvalue weighted by Gasteiger charge is 2.02. The van der Waals surface area contributed by atoms with Crippen LogP contribution in [0.2, 0.25) is 0 Å². The van der Waals surface area contributed by atoms with Crippen LogP contribution < -0.4 is 4.74 Å². The van der Waals surface area contributed by atoms with E-state index < -0.39 is 5.97 Å². The van der Waals surface area contributed by atoms with Gasteiger partial charge in [0.2, 0.25) is 0 Å². The molecule has 0 fully saturated rings. The first-order chi connectivity index (χ1) is 12.2. The lowest BCUT2D eigenvalue weighted by atomic mass is 10.2. The zero-order chi connectivity index (χ0) is 18.2. The maximum atomic E-state index is 11.5. The third-order valence-electron chi connectivity index (χ3n) is 3.03. The number of carbonyl (C=O) groups is 2. The van der Waals surface area contributed by atoms with Crippen molar-refractivity contribution in [1.82, 2.24) is 0 Å². The van der Waals surface area contributed by atoms with Gasteiger partial charge in [0.1, 0.15) is 12.4 Å². The molecule has 1 aromatic carbocycles. The van der Waals surface area contributed by atoms with Gasteiger partial charge in [0.15, 0.2) is 6.61 Å². The fourth-order valence-corrected chi connectivity index (χ4v) is 1.75. The Morgan fingerprint density at radius 3 is 2.40 bits per heavy atom. The highest BCUT2D eigenvalue weighted by molar-refractivity contribution is 5.71. The Hall–Kier alpha value is -2.82. The van der Waals surface area contributed by atoms with Gasteiger partial charge in [0.05, 0.1) is 7.11 Å². The van der Waals surface area contributed by atoms with Gasteiger partial charge in [-0.15, -0.1) is 0 Å². The van der Waals surface area contributed by atoms with Crippen molar-refractivity contribution in [3.63, 3.8) is 0 Å². The van der Waals surface area contributed by atoms with Crippen molar-refractivity contribution in [1.29, 1.82) is 0 Å². The normalized spacial score (nSPS) is 11.2. The van der Waals surface area contributed by atoms with E-state index in [0.29, 0.717) is 12.2 Å². The van der Waals surface area contributed by atoms with Crippen LogP contribution in [0.1, 0.15) is 19.3 Å². The van der Waals surface area contributed by atoms with E-state index in [0.717, 1.165) is 12.8 Å². The molecule has 0 unspecified atom stereocenters. The maximum absolute atomic E-state index is 11.5. The second-order valence-corrected chi connectivity index (χ2v) is 4.99. The van der Waals surface area contributed by atoms with Crippen LogP contribution in [0, 0.1) is 0 Å². The highest BCUT2D eigenvalue weighted by atomic mass is 16.6. The Bertz CT molecular complexity index is 587. The summed E-state index contributed by atoms with van der Waals surface area (Å²) in [6.45, 7) is 0.0895. The fraction of sp³-hybridized carbons (Fsp3) is 0.300. The molecule has 0 amide bonds. The topological polar surface area (TPSA) is 61.8 Å². The molecule has 0 aliphatic heterocycles. The summed E-state index contributed by atoms with van der Waals surface area (Å²) in [6, 6.07) is 9.11. The van der Waals surface area contributed by atoms with Gasteiger partial charge in [0.25, 0.3) is 0 Å². The molecule has 0 radical (unpaired) electrons. The fourth-order valence-electron chi connectivity index (χ4n) is 1.75. The molecule has 0 aliphatic carbocycles. The summed E-state index contributed by atoms with van der Waals surface area (Å²) < 4.78 is 14.8. The molecule has 25 heavy (non-hydrogen) atoms. The third-order valence-corrected chi connectivity index (χ3v) is 3.03. The summed E-state index contributed by atoms with van der Waals surface area (Å²) in [5, 5.41) is 0. The monoisotopic (exact) mass is 344 g/mol. The van der Waals surface area contributed by atoms with Gasteiger partial charge >= 0.3 is 11.9 Å². The average Bonchev–Trinajstić information content (AvgIpc) is 2.65. The summed E-state index contributed by atoms with van der Waals surface area (Å²) >= 11 is 0. The number of ether oxygens (including phenoxy) is 3. The van der Waals surface area contributed by atoms with Gasteiger partial charge in [-0.2, -0.15) is 0 Å². The zero-order valence-corrected chi connectivity index (χ0v) is 14.4. The quantitative estimate of drug-likeness (QED) is 0.348. The Morgan fingerprint density at radius 2 is 1.68 bits per heavy atom. The molecule has 0 N–H and O–H groups in total. The van der Waals surface area contributed by atoms with Crippen LogP contribution in [-0.4, -0.2) is 32.3 Å². The van der Waals surface area contributed by atoms with E-state index in [9.17, 15) is 9.59 Å². The first kappa shape index (κ1) is 20.2. The summed E-state index contributed by atoms with van der Waals surface area (Å²) in [5.41, 5.74) is 0. The van der Waals surface area contributed by atoms with Crippen LogP contribution in [0.25, 0.3) is 0 Å². The number of methoxy groups -OCH3 is 1. The standard InChI is InChI=1S/C20H24O5/c1-23-19(21)15-11-6-4-2-3-5-7-12-16-24-20(22)17-25-18-13-9-8-10-14-18/h2-5,7-10,12-14H,6,11,15-17H2,1H3/b4-2-,5-3+,12-7+. The first-order valence-corrected chi connectivity index (χ1v) is 8.11. The van der Waals surface area contributed by atoms with Crippen LogP contribution in [0.3, 0.4) is 0 Å². The van der Waals surface area contributed by atoms with Gasteiger partial charge in [-0.3, -0.25) is 4.79 Å². The number of hydrogen-bond donors (Lipinski definition) is 0. The maximum Gasteiger partial charge on any atom is 0.344 e. The van der Waals surface area contributed by atoms with Crippen molar-refractivity contribution in [3.05, 3.63) is 66.8 Å². The molecule has 5 heteroatoms. The lowest BCUT2D eigenvalue weighted by molar-refractivity contribution is -0.144. The Labute approximate surface area is 148 Å². The second-order valence-electron chi connectivity index (χ2n) is 4.99. The minimum atomic E-state index is -0.414. The lowest BCUT2D eigenvalue weighted by Gasteiger charge is -2.04. The van der Waals surface area contributed by atoms with E-state index in [2.05, 4.69) is 4.74 Å². The van der Waals surface area contributed by atoms with Gasteiger partial charge in [-0.1, -0.05) is 48.6 Å². The van der Waals surface area contributed by atoms with Crippen molar-refractivity contribution in [3.8, 4) is 5.75 Å². The number of carbonyl (C=O) groups excluding carboxylic acids is 2. The molecular weight excluding hydrogens is 320 g/mol. The van der Waals surface area contributed by atoms with E-state index in [4.69, 9.17) is 9.47 Å². The number of benzene rings is 1.